The van der Waals surface area contributed by atoms with Gasteiger partial charge in [-0.05, 0) is 77.1 Å². The van der Waals surface area contributed by atoms with E-state index in [4.69, 9.17) is 9.47 Å². The molecule has 1 atom stereocenters. The molecule has 1 saturated heterocycles. The Morgan fingerprint density at radius 2 is 1.97 bits per heavy atom. The third-order valence-corrected chi connectivity index (χ3v) is 6.41. The van der Waals surface area contributed by atoms with Crippen LogP contribution in [0.3, 0.4) is 0 Å². The number of rotatable bonds is 6. The van der Waals surface area contributed by atoms with Gasteiger partial charge < -0.3 is 19.7 Å². The first-order valence-corrected chi connectivity index (χ1v) is 12.7. The van der Waals surface area contributed by atoms with Gasteiger partial charge in [-0.2, -0.15) is 5.10 Å². The van der Waals surface area contributed by atoms with Crippen LogP contribution in [0.4, 0.5) is 19.4 Å². The number of halogens is 2. The third-order valence-electron chi connectivity index (χ3n) is 6.41. The van der Waals surface area contributed by atoms with Crippen molar-refractivity contribution in [1.29, 1.82) is 0 Å². The number of aryl methyl sites for hydroxylation is 1. The number of hydrogen-bond acceptors (Lipinski definition) is 6. The highest BCUT2D eigenvalue weighted by Gasteiger charge is 2.35. The third kappa shape index (κ3) is 7.38. The van der Waals surface area contributed by atoms with Crippen LogP contribution in [-0.4, -0.2) is 62.5 Å². The minimum atomic E-state index is -2.58. The van der Waals surface area contributed by atoms with Crippen molar-refractivity contribution in [3.63, 3.8) is 0 Å². The first kappa shape index (κ1) is 26.3. The quantitative estimate of drug-likeness (QED) is 0.560. The molecule has 1 N–H and O–H groups in total. The topological polar surface area (TPSA) is 81.5 Å². The summed E-state index contributed by atoms with van der Waals surface area (Å²) in [5, 5.41) is 7.81. The number of pyridine rings is 1. The Kier molecular flexibility index (Phi) is 7.82. The number of hydrogen-bond donors (Lipinski definition) is 1. The van der Waals surface area contributed by atoms with Crippen LogP contribution in [0.1, 0.15) is 70.6 Å². The average molecular weight is 506 g/mol. The smallest absolute Gasteiger partial charge is 0.410 e. The van der Waals surface area contributed by atoms with Gasteiger partial charge in [-0.15, -0.1) is 0 Å². The summed E-state index contributed by atoms with van der Waals surface area (Å²) < 4.78 is 40.6. The second-order valence-electron chi connectivity index (χ2n) is 10.9. The van der Waals surface area contributed by atoms with Crippen molar-refractivity contribution in [2.24, 2.45) is 0 Å². The maximum Gasteiger partial charge on any atom is 0.410 e. The van der Waals surface area contributed by atoms with Gasteiger partial charge in [0, 0.05) is 31.6 Å². The number of carbonyl (C=O) groups is 1. The Morgan fingerprint density at radius 3 is 2.64 bits per heavy atom. The summed E-state index contributed by atoms with van der Waals surface area (Å²) in [4.78, 5) is 18.9. The van der Waals surface area contributed by atoms with E-state index in [1.54, 1.807) is 9.58 Å². The van der Waals surface area contributed by atoms with E-state index < -0.39 is 11.5 Å². The molecule has 0 radical (unpaired) electrons. The lowest BCUT2D eigenvalue weighted by Crippen LogP contribution is -2.45. The van der Waals surface area contributed by atoms with E-state index >= 15 is 0 Å². The van der Waals surface area contributed by atoms with Gasteiger partial charge >= 0.3 is 6.09 Å². The summed E-state index contributed by atoms with van der Waals surface area (Å²) in [7, 11) is 0. The number of alkyl halides is 2. The monoisotopic (exact) mass is 505 g/mol. The van der Waals surface area contributed by atoms with Crippen molar-refractivity contribution < 1.29 is 23.0 Å². The predicted molar refractivity (Wildman–Crippen MR) is 133 cm³/mol. The van der Waals surface area contributed by atoms with Gasteiger partial charge in [0.1, 0.15) is 11.4 Å². The van der Waals surface area contributed by atoms with Gasteiger partial charge in [0.05, 0.1) is 24.9 Å². The number of ether oxygens (including phenoxy) is 2. The van der Waals surface area contributed by atoms with Gasteiger partial charge in [0.2, 0.25) is 5.92 Å². The summed E-state index contributed by atoms with van der Waals surface area (Å²) in [5.41, 5.74) is 1.22. The van der Waals surface area contributed by atoms with Gasteiger partial charge in [0.15, 0.2) is 5.82 Å². The van der Waals surface area contributed by atoms with Gasteiger partial charge in [-0.1, -0.05) is 0 Å². The van der Waals surface area contributed by atoms with Crippen LogP contribution in [0.2, 0.25) is 0 Å². The maximum atomic E-state index is 13.6. The van der Waals surface area contributed by atoms with E-state index in [-0.39, 0.29) is 31.1 Å². The lowest BCUT2D eigenvalue weighted by molar-refractivity contribution is -0.0361. The Balaban J connectivity index is 1.44. The number of carbonyl (C=O) groups excluding carboxylic acids is 1. The molecule has 2 aromatic heterocycles. The highest BCUT2D eigenvalue weighted by molar-refractivity contribution is 5.68. The lowest BCUT2D eigenvalue weighted by atomic mass is 9.92. The molecule has 4 rings (SSSR count). The fourth-order valence-corrected chi connectivity index (χ4v) is 4.56. The molecule has 1 amide bonds. The van der Waals surface area contributed by atoms with Crippen molar-refractivity contribution in [3.8, 4) is 5.82 Å². The summed E-state index contributed by atoms with van der Waals surface area (Å²) in [6.45, 7) is 8.94. The molecule has 3 heterocycles. The molecule has 1 aliphatic carbocycles. The number of amides is 1. The summed E-state index contributed by atoms with van der Waals surface area (Å²) >= 11 is 0. The molecule has 36 heavy (non-hydrogen) atoms. The van der Waals surface area contributed by atoms with Crippen LogP contribution in [-0.2, 0) is 16.1 Å². The zero-order valence-electron chi connectivity index (χ0n) is 21.6. The normalized spacial score (nSPS) is 20.8. The molecule has 0 bridgehead atoms. The minimum absolute atomic E-state index is 0.0544. The van der Waals surface area contributed by atoms with Crippen LogP contribution in [0, 0.1) is 6.92 Å². The Morgan fingerprint density at radius 1 is 1.22 bits per heavy atom. The molecule has 10 heteroatoms. The van der Waals surface area contributed by atoms with E-state index in [1.165, 1.54) is 0 Å². The highest BCUT2D eigenvalue weighted by atomic mass is 19.3. The molecule has 2 fully saturated rings. The van der Waals surface area contributed by atoms with E-state index in [0.717, 1.165) is 24.1 Å². The minimum Gasteiger partial charge on any atom is -0.444 e. The number of piperidine rings is 1. The molecule has 2 aromatic rings. The van der Waals surface area contributed by atoms with Crippen molar-refractivity contribution >= 4 is 11.9 Å². The van der Waals surface area contributed by atoms with Crippen molar-refractivity contribution in [2.75, 3.05) is 18.4 Å². The van der Waals surface area contributed by atoms with Gasteiger partial charge in [-0.3, -0.25) is 0 Å². The molecule has 198 valence electrons. The standard InChI is InChI=1S/C26H37F2N5O3/c1-18-9-13-33(31-18)23-15-19(14-22(30-23)29-20-7-10-26(27,28)11-8-20)17-35-21-6-5-12-32(16-21)24(34)36-25(2,3)4/h9,13-15,20-21H,5-8,10-12,16-17H2,1-4H3,(H,29,30). The van der Waals surface area contributed by atoms with E-state index in [1.807, 2.05) is 52.1 Å². The summed E-state index contributed by atoms with van der Waals surface area (Å²) in [5.74, 6) is -1.33. The van der Waals surface area contributed by atoms with Crippen LogP contribution in [0.5, 0.6) is 0 Å². The maximum absolute atomic E-state index is 13.6. The van der Waals surface area contributed by atoms with Crippen LogP contribution in [0.25, 0.3) is 5.82 Å². The van der Waals surface area contributed by atoms with Crippen LogP contribution >= 0.6 is 0 Å². The molecular formula is C26H37F2N5O3. The van der Waals surface area contributed by atoms with Crippen LogP contribution < -0.4 is 5.32 Å². The highest BCUT2D eigenvalue weighted by Crippen LogP contribution is 2.34. The first-order valence-electron chi connectivity index (χ1n) is 12.7. The predicted octanol–water partition coefficient (Wildman–Crippen LogP) is 5.48. The Bertz CT molecular complexity index is 1040. The largest absolute Gasteiger partial charge is 0.444 e. The second kappa shape index (κ2) is 10.7. The molecular weight excluding hydrogens is 468 g/mol. The van der Waals surface area contributed by atoms with Crippen molar-refractivity contribution in [1.82, 2.24) is 19.7 Å². The molecule has 1 unspecified atom stereocenters. The number of nitrogens with one attached hydrogen (secondary N) is 1. The number of likely N-dealkylation sites (tertiary alicyclic amines) is 1. The number of anilines is 1. The zero-order valence-corrected chi connectivity index (χ0v) is 21.6. The number of aromatic nitrogens is 3. The Labute approximate surface area is 211 Å². The lowest BCUT2D eigenvalue weighted by Gasteiger charge is -2.34. The zero-order chi connectivity index (χ0) is 25.9. The molecule has 1 saturated carbocycles. The van der Waals surface area contributed by atoms with Gasteiger partial charge in [-0.25, -0.2) is 23.2 Å². The van der Waals surface area contributed by atoms with E-state index in [0.29, 0.717) is 44.2 Å². The van der Waals surface area contributed by atoms with Crippen LogP contribution in [0.15, 0.2) is 24.4 Å². The molecule has 2 aliphatic rings. The van der Waals surface area contributed by atoms with E-state index in [9.17, 15) is 13.6 Å². The average Bonchev–Trinajstić information content (AvgIpc) is 3.24. The van der Waals surface area contributed by atoms with Gasteiger partial charge in [0.25, 0.3) is 0 Å². The van der Waals surface area contributed by atoms with Crippen molar-refractivity contribution in [3.05, 3.63) is 35.7 Å². The Hall–Kier alpha value is -2.75. The SMILES string of the molecule is Cc1ccn(-c2cc(COC3CCCN(C(=O)OC(C)(C)C)C3)cc(NC3CCC(F)(F)CC3)n2)n1. The molecule has 1 aliphatic heterocycles. The summed E-state index contributed by atoms with van der Waals surface area (Å²) in [6.07, 6.45) is 3.68. The number of nitrogens with zero attached hydrogens (tertiary/aromatic N) is 4. The van der Waals surface area contributed by atoms with Crippen molar-refractivity contribution in [2.45, 2.75) is 96.5 Å². The molecule has 0 aromatic carbocycles. The summed E-state index contributed by atoms with van der Waals surface area (Å²) in [6, 6.07) is 5.66. The fraction of sp³-hybridized carbons (Fsp3) is 0.654. The molecule has 0 spiro atoms. The fourth-order valence-electron chi connectivity index (χ4n) is 4.56. The second-order valence-corrected chi connectivity index (χ2v) is 10.9. The van der Waals surface area contributed by atoms with E-state index in [2.05, 4.69) is 15.4 Å². The molecule has 8 nitrogen and oxygen atoms in total. The first-order chi connectivity index (χ1) is 17.0.